The maximum atomic E-state index is 9.28. The van der Waals surface area contributed by atoms with Gasteiger partial charge in [0.25, 0.3) is 0 Å². The van der Waals surface area contributed by atoms with E-state index in [0.717, 1.165) is 17.9 Å². The fraction of sp³-hybridized carbons (Fsp3) is 0.571. The molecular weight excluding hydrogens is 214 g/mol. The van der Waals surface area contributed by atoms with E-state index in [0.29, 0.717) is 12.6 Å². The minimum Gasteiger partial charge on any atom is -0.490 e. The van der Waals surface area contributed by atoms with Gasteiger partial charge in [-0.05, 0) is 32.3 Å². The van der Waals surface area contributed by atoms with E-state index in [-0.39, 0.29) is 0 Å². The van der Waals surface area contributed by atoms with Crippen LogP contribution in [-0.2, 0) is 6.54 Å². The predicted octanol–water partition coefficient (Wildman–Crippen LogP) is 2.01. The summed E-state index contributed by atoms with van der Waals surface area (Å²) in [5.74, 6) is 0.918. The summed E-state index contributed by atoms with van der Waals surface area (Å²) in [6.07, 6.45) is 2.14. The van der Waals surface area contributed by atoms with Crippen molar-refractivity contribution in [1.29, 1.82) is 0 Å². The highest BCUT2D eigenvalue weighted by atomic mass is 16.5. The molecule has 1 unspecified atom stereocenters. The number of aliphatic hydroxyl groups excluding tert-OH is 1. The third-order valence-electron chi connectivity index (χ3n) is 2.92. The number of hydrogen-bond donors (Lipinski definition) is 2. The molecule has 0 aromatic heterocycles. The highest BCUT2D eigenvalue weighted by Crippen LogP contribution is 2.25. The Morgan fingerprint density at radius 2 is 2.24 bits per heavy atom. The Morgan fingerprint density at radius 1 is 1.47 bits per heavy atom. The van der Waals surface area contributed by atoms with Crippen molar-refractivity contribution in [3.63, 3.8) is 0 Å². The zero-order valence-electron chi connectivity index (χ0n) is 10.6. The molecule has 2 N–H and O–H groups in total. The summed E-state index contributed by atoms with van der Waals surface area (Å²) in [5, 5.41) is 12.8. The van der Waals surface area contributed by atoms with Crippen molar-refractivity contribution in [2.24, 2.45) is 0 Å². The number of aryl methyl sites for hydroxylation is 1. The van der Waals surface area contributed by atoms with Crippen LogP contribution in [-0.4, -0.2) is 23.9 Å². The van der Waals surface area contributed by atoms with Crippen LogP contribution in [0.2, 0.25) is 0 Å². The average molecular weight is 235 g/mol. The average Bonchev–Trinajstić information content (AvgIpc) is 3.08. The Morgan fingerprint density at radius 3 is 2.88 bits per heavy atom. The fourth-order valence-corrected chi connectivity index (χ4v) is 1.80. The standard InChI is InChI=1S/C14H21NO2/c1-10-4-3-5-12(8-15-13-6-7-13)14(10)17-9-11(2)16/h3-5,11,13,15-16H,6-9H2,1-2H3. The topological polar surface area (TPSA) is 41.5 Å². The smallest absolute Gasteiger partial charge is 0.126 e. The normalized spacial score (nSPS) is 16.9. The Balaban J connectivity index is 2.03. The molecule has 2 rings (SSSR count). The zero-order chi connectivity index (χ0) is 12.3. The molecule has 0 heterocycles. The van der Waals surface area contributed by atoms with Crippen LogP contribution in [0.5, 0.6) is 5.75 Å². The van der Waals surface area contributed by atoms with Gasteiger partial charge in [0.15, 0.2) is 0 Å². The maximum Gasteiger partial charge on any atom is 0.126 e. The first kappa shape index (κ1) is 12.4. The van der Waals surface area contributed by atoms with Crippen LogP contribution < -0.4 is 10.1 Å². The monoisotopic (exact) mass is 235 g/mol. The van der Waals surface area contributed by atoms with Gasteiger partial charge in [-0.2, -0.15) is 0 Å². The zero-order valence-corrected chi connectivity index (χ0v) is 10.6. The molecule has 1 aromatic carbocycles. The molecule has 1 saturated carbocycles. The summed E-state index contributed by atoms with van der Waals surface area (Å²) in [4.78, 5) is 0. The Labute approximate surface area is 103 Å². The Hall–Kier alpha value is -1.06. The van der Waals surface area contributed by atoms with Crippen molar-refractivity contribution in [1.82, 2.24) is 5.32 Å². The largest absolute Gasteiger partial charge is 0.490 e. The summed E-state index contributed by atoms with van der Waals surface area (Å²) in [7, 11) is 0. The predicted molar refractivity (Wildman–Crippen MR) is 68.2 cm³/mol. The minimum atomic E-state index is -0.432. The lowest BCUT2D eigenvalue weighted by molar-refractivity contribution is 0.121. The summed E-state index contributed by atoms with van der Waals surface area (Å²) in [6.45, 7) is 4.97. The molecule has 3 nitrogen and oxygen atoms in total. The van der Waals surface area contributed by atoms with Gasteiger partial charge in [0, 0.05) is 18.2 Å². The van der Waals surface area contributed by atoms with Gasteiger partial charge in [-0.25, -0.2) is 0 Å². The summed E-state index contributed by atoms with van der Waals surface area (Å²) in [6, 6.07) is 6.87. The van der Waals surface area contributed by atoms with E-state index in [1.165, 1.54) is 18.4 Å². The maximum absolute atomic E-state index is 9.28. The molecule has 0 amide bonds. The van der Waals surface area contributed by atoms with Crippen molar-refractivity contribution in [2.45, 2.75) is 45.4 Å². The molecule has 1 aromatic rings. The van der Waals surface area contributed by atoms with Crippen LogP contribution in [0.25, 0.3) is 0 Å². The van der Waals surface area contributed by atoms with Gasteiger partial charge in [-0.1, -0.05) is 18.2 Å². The number of para-hydroxylation sites is 1. The van der Waals surface area contributed by atoms with E-state index >= 15 is 0 Å². The molecule has 1 atom stereocenters. The molecule has 0 spiro atoms. The SMILES string of the molecule is Cc1cccc(CNC2CC2)c1OCC(C)O. The molecule has 1 aliphatic carbocycles. The van der Waals surface area contributed by atoms with Gasteiger partial charge < -0.3 is 15.2 Å². The van der Waals surface area contributed by atoms with Crippen LogP contribution in [0.15, 0.2) is 18.2 Å². The van der Waals surface area contributed by atoms with Gasteiger partial charge in [-0.3, -0.25) is 0 Å². The first-order chi connectivity index (χ1) is 8.16. The molecule has 17 heavy (non-hydrogen) atoms. The second-order valence-corrected chi connectivity index (χ2v) is 4.88. The quantitative estimate of drug-likeness (QED) is 0.792. The van der Waals surface area contributed by atoms with E-state index in [1.54, 1.807) is 6.92 Å². The molecule has 0 radical (unpaired) electrons. The molecular formula is C14H21NO2. The molecule has 0 bridgehead atoms. The Bertz CT molecular complexity index is 372. The van der Waals surface area contributed by atoms with E-state index in [9.17, 15) is 5.11 Å². The lowest BCUT2D eigenvalue weighted by atomic mass is 10.1. The van der Waals surface area contributed by atoms with Gasteiger partial charge in [0.05, 0.1) is 6.10 Å². The molecule has 1 fully saturated rings. The summed E-state index contributed by atoms with van der Waals surface area (Å²) in [5.41, 5.74) is 2.30. The van der Waals surface area contributed by atoms with Crippen LogP contribution >= 0.6 is 0 Å². The first-order valence-corrected chi connectivity index (χ1v) is 6.29. The van der Waals surface area contributed by atoms with Crippen molar-refractivity contribution in [2.75, 3.05) is 6.61 Å². The van der Waals surface area contributed by atoms with Crippen LogP contribution in [0.1, 0.15) is 30.9 Å². The molecule has 0 saturated heterocycles. The summed E-state index contributed by atoms with van der Waals surface area (Å²) < 4.78 is 5.69. The number of aliphatic hydroxyl groups is 1. The third kappa shape index (κ3) is 3.72. The van der Waals surface area contributed by atoms with Gasteiger partial charge >= 0.3 is 0 Å². The molecule has 3 heteroatoms. The van der Waals surface area contributed by atoms with Gasteiger partial charge in [0.1, 0.15) is 12.4 Å². The van der Waals surface area contributed by atoms with E-state index in [1.807, 2.05) is 13.0 Å². The van der Waals surface area contributed by atoms with Crippen molar-refractivity contribution < 1.29 is 9.84 Å². The number of nitrogens with one attached hydrogen (secondary N) is 1. The highest BCUT2D eigenvalue weighted by Gasteiger charge is 2.20. The third-order valence-corrected chi connectivity index (χ3v) is 2.92. The fourth-order valence-electron chi connectivity index (χ4n) is 1.80. The molecule has 94 valence electrons. The van der Waals surface area contributed by atoms with E-state index in [4.69, 9.17) is 4.74 Å². The van der Waals surface area contributed by atoms with Gasteiger partial charge in [-0.15, -0.1) is 0 Å². The van der Waals surface area contributed by atoms with Crippen molar-refractivity contribution >= 4 is 0 Å². The number of hydrogen-bond acceptors (Lipinski definition) is 3. The van der Waals surface area contributed by atoms with Crippen LogP contribution in [0, 0.1) is 6.92 Å². The minimum absolute atomic E-state index is 0.348. The number of ether oxygens (including phenoxy) is 1. The lowest BCUT2D eigenvalue weighted by Crippen LogP contribution is -2.18. The first-order valence-electron chi connectivity index (χ1n) is 6.29. The number of rotatable bonds is 6. The lowest BCUT2D eigenvalue weighted by Gasteiger charge is -2.15. The van der Waals surface area contributed by atoms with Crippen LogP contribution in [0.3, 0.4) is 0 Å². The van der Waals surface area contributed by atoms with E-state index < -0.39 is 6.10 Å². The highest BCUT2D eigenvalue weighted by molar-refractivity contribution is 5.40. The molecule has 1 aliphatic rings. The number of benzene rings is 1. The summed E-state index contributed by atoms with van der Waals surface area (Å²) >= 11 is 0. The van der Waals surface area contributed by atoms with E-state index in [2.05, 4.69) is 17.4 Å². The van der Waals surface area contributed by atoms with Crippen molar-refractivity contribution in [3.05, 3.63) is 29.3 Å². The van der Waals surface area contributed by atoms with Gasteiger partial charge in [0.2, 0.25) is 0 Å². The van der Waals surface area contributed by atoms with Crippen molar-refractivity contribution in [3.8, 4) is 5.75 Å². The second-order valence-electron chi connectivity index (χ2n) is 4.88. The second kappa shape index (κ2) is 5.52. The van der Waals surface area contributed by atoms with Crippen LogP contribution in [0.4, 0.5) is 0 Å². The molecule has 0 aliphatic heterocycles. The Kier molecular flexibility index (Phi) is 4.02.